The number of benzene rings is 1. The predicted molar refractivity (Wildman–Crippen MR) is 79.0 cm³/mol. The summed E-state index contributed by atoms with van der Waals surface area (Å²) in [6, 6.07) is 11.5. The molecule has 2 aliphatic heterocycles. The van der Waals surface area contributed by atoms with Crippen LogP contribution in [0.4, 0.5) is 0 Å². The maximum atomic E-state index is 12.1. The second-order valence-corrected chi connectivity index (χ2v) is 6.09. The van der Waals surface area contributed by atoms with Crippen molar-refractivity contribution in [2.45, 2.75) is 57.3 Å². The van der Waals surface area contributed by atoms with Gasteiger partial charge in [0, 0.05) is 0 Å². The summed E-state index contributed by atoms with van der Waals surface area (Å²) >= 11 is 0. The Morgan fingerprint density at radius 3 is 2.74 bits per heavy atom. The lowest BCUT2D eigenvalue weighted by Crippen LogP contribution is -2.40. The van der Waals surface area contributed by atoms with E-state index in [-0.39, 0.29) is 12.2 Å². The van der Waals surface area contributed by atoms with Crippen LogP contribution < -0.4 is 0 Å². The first kappa shape index (κ1) is 16.1. The van der Waals surface area contributed by atoms with Crippen LogP contribution in [0.5, 0.6) is 0 Å². The molecule has 0 radical (unpaired) electrons. The molecule has 2 aliphatic rings. The number of Topliss-reactive ketones (excluding diaryl/α,β-unsaturated/α-hetero) is 1. The molecule has 0 spiro atoms. The summed E-state index contributed by atoms with van der Waals surface area (Å²) in [4.78, 5) is 12.1. The molecule has 2 fully saturated rings. The number of carbonyl (C=O) groups excluding carboxylic acids is 1. The lowest BCUT2D eigenvalue weighted by molar-refractivity contribution is -0.218. The van der Waals surface area contributed by atoms with E-state index in [2.05, 4.69) is 0 Å². The molecule has 0 unspecified atom stereocenters. The molecule has 6 heteroatoms. The molecule has 3 rings (SSSR count). The Morgan fingerprint density at radius 2 is 2.04 bits per heavy atom. The molecule has 4 atom stereocenters. The monoisotopic (exact) mass is 317 g/mol. The fourth-order valence-electron chi connectivity index (χ4n) is 2.87. The van der Waals surface area contributed by atoms with Crippen molar-refractivity contribution in [3.8, 4) is 6.07 Å². The van der Waals surface area contributed by atoms with E-state index in [1.807, 2.05) is 36.4 Å². The lowest BCUT2D eigenvalue weighted by Gasteiger charge is -2.25. The zero-order chi connectivity index (χ0) is 16.4. The van der Waals surface area contributed by atoms with Gasteiger partial charge in [0.1, 0.15) is 18.3 Å². The van der Waals surface area contributed by atoms with Gasteiger partial charge >= 0.3 is 0 Å². The highest BCUT2D eigenvalue weighted by molar-refractivity contribution is 5.86. The Balaban J connectivity index is 1.74. The molecule has 23 heavy (non-hydrogen) atoms. The third kappa shape index (κ3) is 3.43. The van der Waals surface area contributed by atoms with Crippen molar-refractivity contribution >= 4 is 5.78 Å². The Hall–Kier alpha value is -1.78. The zero-order valence-electron chi connectivity index (χ0n) is 13.1. The molecule has 0 N–H and O–H groups in total. The molecule has 122 valence electrons. The van der Waals surface area contributed by atoms with E-state index in [1.54, 1.807) is 13.8 Å². The fourth-order valence-corrected chi connectivity index (χ4v) is 2.87. The topological polar surface area (TPSA) is 77.8 Å². The van der Waals surface area contributed by atoms with Crippen molar-refractivity contribution in [3.63, 3.8) is 0 Å². The molecular weight excluding hydrogens is 298 g/mol. The minimum atomic E-state index is -0.843. The van der Waals surface area contributed by atoms with Gasteiger partial charge in [-0.2, -0.15) is 5.26 Å². The molecule has 0 amide bonds. The van der Waals surface area contributed by atoms with Crippen LogP contribution in [0.2, 0.25) is 0 Å². The van der Waals surface area contributed by atoms with Crippen LogP contribution in [-0.4, -0.2) is 36.2 Å². The molecule has 1 aromatic carbocycles. The van der Waals surface area contributed by atoms with Crippen molar-refractivity contribution in [2.24, 2.45) is 0 Å². The third-order valence-corrected chi connectivity index (χ3v) is 3.85. The number of ketones is 1. The summed E-state index contributed by atoms with van der Waals surface area (Å²) in [5.74, 6) is -1.10. The molecule has 6 nitrogen and oxygen atoms in total. The minimum absolute atomic E-state index is 0.224. The zero-order valence-corrected chi connectivity index (χ0v) is 13.1. The standard InChI is InChI=1S/C17H19NO5/c1-17(2)22-15-14(20-10-11-6-4-3-5-7-11)13(12(19)8-9-18)21-16(15)23-17/h3-7,13-16H,8,10H2,1-2H3/t13-,14+,15-,16-/m1/s1. The number of rotatable bonds is 5. The van der Waals surface area contributed by atoms with Gasteiger partial charge in [-0.3, -0.25) is 4.79 Å². The molecule has 0 saturated carbocycles. The van der Waals surface area contributed by atoms with Crippen molar-refractivity contribution in [1.29, 1.82) is 5.26 Å². The Bertz CT molecular complexity index is 609. The van der Waals surface area contributed by atoms with E-state index in [1.165, 1.54) is 0 Å². The van der Waals surface area contributed by atoms with Crippen LogP contribution in [0.1, 0.15) is 25.8 Å². The average molecular weight is 317 g/mol. The van der Waals surface area contributed by atoms with E-state index < -0.39 is 30.4 Å². The number of carbonyl (C=O) groups is 1. The van der Waals surface area contributed by atoms with E-state index >= 15 is 0 Å². The maximum Gasteiger partial charge on any atom is 0.190 e. The normalized spacial score (nSPS) is 31.5. The first-order valence-corrected chi connectivity index (χ1v) is 7.56. The SMILES string of the molecule is CC1(C)O[C@H]2O[C@H](C(=O)CC#N)[C@H](OCc3ccccc3)[C@H]2O1. The Morgan fingerprint density at radius 1 is 1.30 bits per heavy atom. The largest absolute Gasteiger partial charge is 0.367 e. The van der Waals surface area contributed by atoms with Gasteiger partial charge in [-0.05, 0) is 19.4 Å². The first-order valence-electron chi connectivity index (χ1n) is 7.56. The number of ether oxygens (including phenoxy) is 4. The van der Waals surface area contributed by atoms with Crippen LogP contribution in [-0.2, 0) is 30.3 Å². The third-order valence-electron chi connectivity index (χ3n) is 3.85. The van der Waals surface area contributed by atoms with Crippen molar-refractivity contribution in [2.75, 3.05) is 0 Å². The fraction of sp³-hybridized carbons (Fsp3) is 0.529. The van der Waals surface area contributed by atoms with Crippen molar-refractivity contribution in [3.05, 3.63) is 35.9 Å². The van der Waals surface area contributed by atoms with Gasteiger partial charge < -0.3 is 18.9 Å². The van der Waals surface area contributed by atoms with E-state index in [0.717, 1.165) is 5.56 Å². The van der Waals surface area contributed by atoms with E-state index in [0.29, 0.717) is 6.61 Å². The van der Waals surface area contributed by atoms with Gasteiger partial charge in [-0.15, -0.1) is 0 Å². The highest BCUT2D eigenvalue weighted by Crippen LogP contribution is 2.39. The van der Waals surface area contributed by atoms with Crippen molar-refractivity contribution < 1.29 is 23.7 Å². The predicted octanol–water partition coefficient (Wildman–Crippen LogP) is 1.93. The van der Waals surface area contributed by atoms with Gasteiger partial charge in [-0.25, -0.2) is 0 Å². The molecule has 2 saturated heterocycles. The number of nitrogens with zero attached hydrogens (tertiary/aromatic N) is 1. The van der Waals surface area contributed by atoms with Gasteiger partial charge in [0.2, 0.25) is 0 Å². The molecule has 0 aliphatic carbocycles. The molecular formula is C17H19NO5. The summed E-state index contributed by atoms with van der Waals surface area (Å²) in [6.07, 6.45) is -2.80. The highest BCUT2D eigenvalue weighted by Gasteiger charge is 2.57. The van der Waals surface area contributed by atoms with Gasteiger partial charge in [0.05, 0.1) is 19.1 Å². The van der Waals surface area contributed by atoms with Crippen LogP contribution in [0.3, 0.4) is 0 Å². The van der Waals surface area contributed by atoms with Crippen molar-refractivity contribution in [1.82, 2.24) is 0 Å². The number of hydrogen-bond acceptors (Lipinski definition) is 6. The lowest BCUT2D eigenvalue weighted by atomic mass is 10.0. The van der Waals surface area contributed by atoms with E-state index in [4.69, 9.17) is 24.2 Å². The number of fused-ring (bicyclic) bond motifs is 1. The summed E-state index contributed by atoms with van der Waals surface area (Å²) in [7, 11) is 0. The summed E-state index contributed by atoms with van der Waals surface area (Å²) in [6.45, 7) is 3.91. The second kappa shape index (κ2) is 6.38. The quantitative estimate of drug-likeness (QED) is 0.826. The average Bonchev–Trinajstić information content (AvgIpc) is 2.98. The molecule has 0 aromatic heterocycles. The Labute approximate surface area is 134 Å². The maximum absolute atomic E-state index is 12.1. The van der Waals surface area contributed by atoms with Crippen LogP contribution in [0.25, 0.3) is 0 Å². The number of nitriles is 1. The van der Waals surface area contributed by atoms with E-state index in [9.17, 15) is 4.79 Å². The van der Waals surface area contributed by atoms with Gasteiger partial charge in [0.15, 0.2) is 17.9 Å². The smallest absolute Gasteiger partial charge is 0.190 e. The highest BCUT2D eigenvalue weighted by atomic mass is 16.8. The van der Waals surface area contributed by atoms with Crippen LogP contribution in [0, 0.1) is 11.3 Å². The summed E-state index contributed by atoms with van der Waals surface area (Å²) in [5, 5.41) is 8.75. The summed E-state index contributed by atoms with van der Waals surface area (Å²) < 4.78 is 23.1. The number of hydrogen-bond donors (Lipinski definition) is 0. The molecule has 0 bridgehead atoms. The molecule has 1 aromatic rings. The van der Waals surface area contributed by atoms with Gasteiger partial charge in [0.25, 0.3) is 0 Å². The Kier molecular flexibility index (Phi) is 4.46. The summed E-state index contributed by atoms with van der Waals surface area (Å²) in [5.41, 5.74) is 0.987. The van der Waals surface area contributed by atoms with Crippen LogP contribution in [0.15, 0.2) is 30.3 Å². The van der Waals surface area contributed by atoms with Crippen LogP contribution >= 0.6 is 0 Å². The minimum Gasteiger partial charge on any atom is -0.367 e. The first-order chi connectivity index (χ1) is 11.0. The molecule has 2 heterocycles. The second-order valence-electron chi connectivity index (χ2n) is 6.09. The van der Waals surface area contributed by atoms with Gasteiger partial charge in [-0.1, -0.05) is 30.3 Å².